The molecule has 0 aliphatic heterocycles. The summed E-state index contributed by atoms with van der Waals surface area (Å²) in [5.41, 5.74) is 6.17. The van der Waals surface area contributed by atoms with Gasteiger partial charge in [0.15, 0.2) is 0 Å². The van der Waals surface area contributed by atoms with Crippen LogP contribution in [0.15, 0.2) is 24.3 Å². The van der Waals surface area contributed by atoms with Crippen LogP contribution in [0.4, 0.5) is 4.39 Å². The lowest BCUT2D eigenvalue weighted by Gasteiger charge is -2.01. The van der Waals surface area contributed by atoms with Crippen molar-refractivity contribution in [3.63, 3.8) is 0 Å². The van der Waals surface area contributed by atoms with Gasteiger partial charge in [-0.3, -0.25) is 4.79 Å². The molecule has 0 radical (unpaired) electrons. The topological polar surface area (TPSA) is 63.3 Å². The molecule has 1 aromatic carbocycles. The fourth-order valence-electron chi connectivity index (χ4n) is 1.20. The number of nitrogens with two attached hydrogens (primary N) is 1. The lowest BCUT2D eigenvalue weighted by Crippen LogP contribution is -2.00. The number of benzene rings is 1. The van der Waals surface area contributed by atoms with Crippen LogP contribution in [-0.4, -0.2) is 17.6 Å². The van der Waals surface area contributed by atoms with Gasteiger partial charge in [-0.15, -0.1) is 0 Å². The van der Waals surface area contributed by atoms with Crippen molar-refractivity contribution in [3.8, 4) is 0 Å². The maximum Gasteiger partial charge on any atom is 0.307 e. The zero-order chi connectivity index (χ0) is 11.3. The SMILES string of the molecule is NCC=Cc1cc(CC(=O)O)ccc1F. The lowest BCUT2D eigenvalue weighted by molar-refractivity contribution is -0.136. The van der Waals surface area contributed by atoms with E-state index in [1.807, 2.05) is 0 Å². The van der Waals surface area contributed by atoms with Crippen molar-refractivity contribution in [2.75, 3.05) is 6.54 Å². The van der Waals surface area contributed by atoms with Gasteiger partial charge < -0.3 is 10.8 Å². The van der Waals surface area contributed by atoms with Gasteiger partial charge in [-0.25, -0.2) is 4.39 Å². The van der Waals surface area contributed by atoms with E-state index in [0.29, 0.717) is 17.7 Å². The molecule has 0 bridgehead atoms. The molecule has 0 spiro atoms. The molecule has 0 amide bonds. The molecule has 0 heterocycles. The van der Waals surface area contributed by atoms with E-state index in [2.05, 4.69) is 0 Å². The molecule has 3 N–H and O–H groups in total. The first kappa shape index (κ1) is 11.4. The molecular weight excluding hydrogens is 197 g/mol. The van der Waals surface area contributed by atoms with Gasteiger partial charge >= 0.3 is 5.97 Å². The third-order valence-electron chi connectivity index (χ3n) is 1.85. The van der Waals surface area contributed by atoms with Crippen LogP contribution in [0.1, 0.15) is 11.1 Å². The highest BCUT2D eigenvalue weighted by molar-refractivity contribution is 5.70. The van der Waals surface area contributed by atoms with Gasteiger partial charge in [0.1, 0.15) is 5.82 Å². The molecule has 15 heavy (non-hydrogen) atoms. The van der Waals surface area contributed by atoms with Crippen LogP contribution in [0, 0.1) is 5.82 Å². The van der Waals surface area contributed by atoms with E-state index in [-0.39, 0.29) is 12.2 Å². The first-order valence-electron chi connectivity index (χ1n) is 4.50. The van der Waals surface area contributed by atoms with Gasteiger partial charge in [0.05, 0.1) is 6.42 Å². The van der Waals surface area contributed by atoms with Gasteiger partial charge in [0, 0.05) is 12.1 Å². The summed E-state index contributed by atoms with van der Waals surface area (Å²) in [4.78, 5) is 10.4. The van der Waals surface area contributed by atoms with E-state index in [4.69, 9.17) is 10.8 Å². The predicted octanol–water partition coefficient (Wildman–Crippen LogP) is 1.42. The molecule has 80 valence electrons. The molecule has 0 aliphatic carbocycles. The Balaban J connectivity index is 2.94. The molecule has 0 aliphatic rings. The maximum absolute atomic E-state index is 13.2. The number of carbonyl (C=O) groups is 1. The minimum Gasteiger partial charge on any atom is -0.481 e. The molecule has 1 rings (SSSR count). The van der Waals surface area contributed by atoms with Crippen LogP contribution >= 0.6 is 0 Å². The number of carboxylic acid groups (broad SMARTS) is 1. The molecule has 3 nitrogen and oxygen atoms in total. The van der Waals surface area contributed by atoms with Crippen molar-refractivity contribution in [3.05, 3.63) is 41.2 Å². The Morgan fingerprint density at radius 1 is 1.53 bits per heavy atom. The van der Waals surface area contributed by atoms with E-state index >= 15 is 0 Å². The molecule has 0 aromatic heterocycles. The number of halogens is 1. The first-order chi connectivity index (χ1) is 7.13. The van der Waals surface area contributed by atoms with Crippen molar-refractivity contribution in [2.24, 2.45) is 5.73 Å². The molecule has 0 saturated carbocycles. The van der Waals surface area contributed by atoms with Crippen LogP contribution in [0.25, 0.3) is 6.08 Å². The molecule has 0 unspecified atom stereocenters. The Morgan fingerprint density at radius 3 is 2.87 bits per heavy atom. The third kappa shape index (κ3) is 3.52. The van der Waals surface area contributed by atoms with Gasteiger partial charge in [-0.2, -0.15) is 0 Å². The Labute approximate surface area is 87.0 Å². The van der Waals surface area contributed by atoms with Crippen LogP contribution in [0.2, 0.25) is 0 Å². The minimum atomic E-state index is -0.935. The van der Waals surface area contributed by atoms with Crippen LogP contribution in [-0.2, 0) is 11.2 Å². The first-order valence-corrected chi connectivity index (χ1v) is 4.50. The summed E-state index contributed by atoms with van der Waals surface area (Å²) in [5, 5.41) is 8.57. The summed E-state index contributed by atoms with van der Waals surface area (Å²) in [5.74, 6) is -1.32. The van der Waals surface area contributed by atoms with Crippen molar-refractivity contribution < 1.29 is 14.3 Å². The highest BCUT2D eigenvalue weighted by Gasteiger charge is 2.04. The largest absolute Gasteiger partial charge is 0.481 e. The average Bonchev–Trinajstić information content (AvgIpc) is 2.18. The van der Waals surface area contributed by atoms with E-state index < -0.39 is 5.97 Å². The van der Waals surface area contributed by atoms with Gasteiger partial charge in [-0.1, -0.05) is 18.2 Å². The molecule has 0 atom stereocenters. The number of hydrogen-bond acceptors (Lipinski definition) is 2. The second-order valence-electron chi connectivity index (χ2n) is 3.06. The fraction of sp³-hybridized carbons (Fsp3) is 0.182. The minimum absolute atomic E-state index is 0.107. The number of carboxylic acids is 1. The van der Waals surface area contributed by atoms with Gasteiger partial charge in [0.2, 0.25) is 0 Å². The summed E-state index contributed by atoms with van der Waals surface area (Å²) >= 11 is 0. The number of aliphatic carboxylic acids is 1. The highest BCUT2D eigenvalue weighted by atomic mass is 19.1. The molecule has 4 heteroatoms. The Morgan fingerprint density at radius 2 is 2.27 bits per heavy atom. The average molecular weight is 209 g/mol. The summed E-state index contributed by atoms with van der Waals surface area (Å²) in [6.45, 7) is 0.322. The lowest BCUT2D eigenvalue weighted by atomic mass is 10.1. The van der Waals surface area contributed by atoms with Crippen LogP contribution in [0.3, 0.4) is 0 Å². The third-order valence-corrected chi connectivity index (χ3v) is 1.85. The Bertz CT molecular complexity index is 388. The predicted molar refractivity (Wildman–Crippen MR) is 55.8 cm³/mol. The number of rotatable bonds is 4. The van der Waals surface area contributed by atoms with E-state index in [0.717, 1.165) is 0 Å². The molecule has 0 saturated heterocycles. The standard InChI is InChI=1S/C11H12FNO2/c12-10-4-3-8(7-11(14)15)6-9(10)2-1-5-13/h1-4,6H,5,7,13H2,(H,14,15). The monoisotopic (exact) mass is 209 g/mol. The van der Waals surface area contributed by atoms with E-state index in [1.165, 1.54) is 18.2 Å². The molecule has 1 aromatic rings. The summed E-state index contributed by atoms with van der Waals surface area (Å²) < 4.78 is 13.2. The normalized spacial score (nSPS) is 10.8. The number of hydrogen-bond donors (Lipinski definition) is 2. The summed E-state index contributed by atoms with van der Waals surface area (Å²) in [6, 6.07) is 4.23. The van der Waals surface area contributed by atoms with E-state index in [9.17, 15) is 9.18 Å². The second-order valence-corrected chi connectivity index (χ2v) is 3.06. The van der Waals surface area contributed by atoms with Gasteiger partial charge in [-0.05, 0) is 17.7 Å². The highest BCUT2D eigenvalue weighted by Crippen LogP contribution is 2.12. The zero-order valence-electron chi connectivity index (χ0n) is 8.11. The van der Waals surface area contributed by atoms with Gasteiger partial charge in [0.25, 0.3) is 0 Å². The maximum atomic E-state index is 13.2. The van der Waals surface area contributed by atoms with Crippen molar-refractivity contribution in [1.82, 2.24) is 0 Å². The van der Waals surface area contributed by atoms with E-state index in [1.54, 1.807) is 12.2 Å². The Kier molecular flexibility index (Phi) is 4.00. The summed E-state index contributed by atoms with van der Waals surface area (Å²) in [6.07, 6.45) is 3.05. The van der Waals surface area contributed by atoms with Crippen LogP contribution < -0.4 is 5.73 Å². The second kappa shape index (κ2) is 5.26. The van der Waals surface area contributed by atoms with Crippen LogP contribution in [0.5, 0.6) is 0 Å². The zero-order valence-corrected chi connectivity index (χ0v) is 8.11. The molecule has 0 fully saturated rings. The fourth-order valence-corrected chi connectivity index (χ4v) is 1.20. The Hall–Kier alpha value is -1.68. The quantitative estimate of drug-likeness (QED) is 0.788. The van der Waals surface area contributed by atoms with Crippen molar-refractivity contribution in [2.45, 2.75) is 6.42 Å². The van der Waals surface area contributed by atoms with Crippen molar-refractivity contribution >= 4 is 12.0 Å². The summed E-state index contributed by atoms with van der Waals surface area (Å²) in [7, 11) is 0. The van der Waals surface area contributed by atoms with Crippen molar-refractivity contribution in [1.29, 1.82) is 0 Å². The molecular formula is C11H12FNO2. The smallest absolute Gasteiger partial charge is 0.307 e.